The number of amides is 1. The number of benzene rings is 2. The van der Waals surface area contributed by atoms with Crippen molar-refractivity contribution >= 4 is 5.91 Å². The van der Waals surface area contributed by atoms with Crippen LogP contribution in [0.2, 0.25) is 0 Å². The third-order valence-corrected chi connectivity index (χ3v) is 4.71. The van der Waals surface area contributed by atoms with Crippen molar-refractivity contribution in [3.05, 3.63) is 84.7 Å². The van der Waals surface area contributed by atoms with E-state index in [1.165, 1.54) is 0 Å². The number of pyridine rings is 1. The van der Waals surface area contributed by atoms with Crippen LogP contribution >= 0.6 is 0 Å². The summed E-state index contributed by atoms with van der Waals surface area (Å²) in [4.78, 5) is 24.9. The molecule has 0 unspecified atom stereocenters. The van der Waals surface area contributed by atoms with E-state index in [0.717, 1.165) is 33.9 Å². The SMILES string of the molecule is COCCNC(=O)c1cccc(-c2[nH]c(-c3ccccc3)nc2-c2ccncc2)c1. The van der Waals surface area contributed by atoms with Gasteiger partial charge in [-0.2, -0.15) is 0 Å². The fourth-order valence-electron chi connectivity index (χ4n) is 3.22. The molecular weight excluding hydrogens is 376 g/mol. The molecule has 0 aliphatic carbocycles. The lowest BCUT2D eigenvalue weighted by molar-refractivity contribution is 0.0937. The minimum atomic E-state index is -0.137. The van der Waals surface area contributed by atoms with Crippen molar-refractivity contribution < 1.29 is 9.53 Å². The Hall–Kier alpha value is -3.77. The third kappa shape index (κ3) is 4.29. The van der Waals surface area contributed by atoms with Gasteiger partial charge < -0.3 is 15.0 Å². The smallest absolute Gasteiger partial charge is 0.251 e. The van der Waals surface area contributed by atoms with Crippen LogP contribution in [-0.4, -0.2) is 41.1 Å². The lowest BCUT2D eigenvalue weighted by atomic mass is 10.0. The Bertz CT molecular complexity index is 1120. The van der Waals surface area contributed by atoms with Gasteiger partial charge in [-0.05, 0) is 24.3 Å². The molecule has 2 aromatic heterocycles. The van der Waals surface area contributed by atoms with Crippen LogP contribution in [-0.2, 0) is 4.74 Å². The number of methoxy groups -OCH3 is 1. The molecule has 0 saturated heterocycles. The Morgan fingerprint density at radius 1 is 0.967 bits per heavy atom. The average Bonchev–Trinajstić information content (AvgIpc) is 3.26. The van der Waals surface area contributed by atoms with E-state index < -0.39 is 0 Å². The van der Waals surface area contributed by atoms with E-state index in [2.05, 4.69) is 15.3 Å². The van der Waals surface area contributed by atoms with Gasteiger partial charge in [-0.1, -0.05) is 42.5 Å². The predicted molar refractivity (Wildman–Crippen MR) is 117 cm³/mol. The summed E-state index contributed by atoms with van der Waals surface area (Å²) < 4.78 is 5.00. The Labute approximate surface area is 175 Å². The lowest BCUT2D eigenvalue weighted by Crippen LogP contribution is -2.26. The van der Waals surface area contributed by atoms with Crippen LogP contribution < -0.4 is 5.32 Å². The molecule has 0 spiro atoms. The van der Waals surface area contributed by atoms with Crippen LogP contribution in [0, 0.1) is 0 Å². The summed E-state index contributed by atoms with van der Waals surface area (Å²) in [6.07, 6.45) is 3.49. The number of nitrogens with zero attached hydrogens (tertiary/aromatic N) is 2. The van der Waals surface area contributed by atoms with E-state index in [0.29, 0.717) is 18.7 Å². The molecule has 30 heavy (non-hydrogen) atoms. The van der Waals surface area contributed by atoms with Crippen molar-refractivity contribution in [3.63, 3.8) is 0 Å². The van der Waals surface area contributed by atoms with E-state index in [1.807, 2.05) is 60.7 Å². The second-order valence-electron chi connectivity index (χ2n) is 6.74. The van der Waals surface area contributed by atoms with Crippen molar-refractivity contribution in [2.45, 2.75) is 0 Å². The first-order valence-corrected chi connectivity index (χ1v) is 9.69. The summed E-state index contributed by atoms with van der Waals surface area (Å²) in [5.74, 6) is 0.634. The van der Waals surface area contributed by atoms with Crippen LogP contribution in [0.25, 0.3) is 33.9 Å². The van der Waals surface area contributed by atoms with E-state index in [4.69, 9.17) is 9.72 Å². The second kappa shape index (κ2) is 9.15. The first-order valence-electron chi connectivity index (χ1n) is 9.69. The summed E-state index contributed by atoms with van der Waals surface area (Å²) in [7, 11) is 1.61. The molecule has 2 heterocycles. The van der Waals surface area contributed by atoms with Gasteiger partial charge in [0, 0.05) is 48.3 Å². The van der Waals surface area contributed by atoms with E-state index >= 15 is 0 Å². The molecule has 0 bridgehead atoms. The second-order valence-corrected chi connectivity index (χ2v) is 6.74. The Morgan fingerprint density at radius 3 is 2.50 bits per heavy atom. The highest BCUT2D eigenvalue weighted by Crippen LogP contribution is 2.33. The molecule has 150 valence electrons. The number of imidazole rings is 1. The lowest BCUT2D eigenvalue weighted by Gasteiger charge is -2.07. The van der Waals surface area contributed by atoms with Gasteiger partial charge in [-0.15, -0.1) is 0 Å². The standard InChI is InChI=1S/C24H22N4O2/c1-30-15-14-26-24(29)20-9-5-8-19(16-20)22-21(17-10-12-25-13-11-17)27-23(28-22)18-6-3-2-4-7-18/h2-13,16H,14-15H2,1H3,(H,26,29)(H,27,28). The average molecular weight is 398 g/mol. The van der Waals surface area contributed by atoms with Gasteiger partial charge in [0.1, 0.15) is 5.82 Å². The quantitative estimate of drug-likeness (QED) is 0.458. The molecule has 0 fully saturated rings. The number of carbonyl (C=O) groups is 1. The topological polar surface area (TPSA) is 79.9 Å². The van der Waals surface area contributed by atoms with Crippen molar-refractivity contribution in [2.24, 2.45) is 0 Å². The van der Waals surface area contributed by atoms with Gasteiger partial charge in [0.2, 0.25) is 0 Å². The van der Waals surface area contributed by atoms with Crippen LogP contribution in [0.1, 0.15) is 10.4 Å². The number of carbonyl (C=O) groups excluding carboxylic acids is 1. The number of H-pyrrole nitrogens is 1. The van der Waals surface area contributed by atoms with Gasteiger partial charge in [-0.3, -0.25) is 9.78 Å². The molecule has 0 saturated carbocycles. The van der Waals surface area contributed by atoms with Crippen LogP contribution in [0.4, 0.5) is 0 Å². The Kier molecular flexibility index (Phi) is 5.96. The number of aromatic nitrogens is 3. The molecule has 0 radical (unpaired) electrons. The van der Waals surface area contributed by atoms with E-state index in [-0.39, 0.29) is 5.91 Å². The molecule has 4 aromatic rings. The molecule has 0 aliphatic rings. The summed E-state index contributed by atoms with van der Waals surface area (Å²) in [6.45, 7) is 0.933. The molecule has 6 nitrogen and oxygen atoms in total. The fourth-order valence-corrected chi connectivity index (χ4v) is 3.22. The first kappa shape index (κ1) is 19.5. The van der Waals surface area contributed by atoms with Gasteiger partial charge in [0.25, 0.3) is 5.91 Å². The minimum absolute atomic E-state index is 0.137. The maximum atomic E-state index is 12.5. The van der Waals surface area contributed by atoms with Crippen LogP contribution in [0.15, 0.2) is 79.1 Å². The number of aromatic amines is 1. The van der Waals surface area contributed by atoms with Crippen LogP contribution in [0.5, 0.6) is 0 Å². The zero-order valence-corrected chi connectivity index (χ0v) is 16.6. The number of rotatable bonds is 7. The largest absolute Gasteiger partial charge is 0.383 e. The van der Waals surface area contributed by atoms with Gasteiger partial charge >= 0.3 is 0 Å². The number of ether oxygens (including phenoxy) is 1. The maximum absolute atomic E-state index is 12.5. The highest BCUT2D eigenvalue weighted by Gasteiger charge is 2.16. The molecule has 0 aliphatic heterocycles. The summed E-state index contributed by atoms with van der Waals surface area (Å²) >= 11 is 0. The van der Waals surface area contributed by atoms with Gasteiger partial charge in [0.05, 0.1) is 18.0 Å². The molecule has 2 N–H and O–H groups in total. The van der Waals surface area contributed by atoms with Crippen molar-refractivity contribution in [1.29, 1.82) is 0 Å². The molecule has 6 heteroatoms. The summed E-state index contributed by atoms with van der Waals surface area (Å²) in [6, 6.07) is 21.3. The first-order chi connectivity index (χ1) is 14.8. The molecule has 0 atom stereocenters. The van der Waals surface area contributed by atoms with E-state index in [9.17, 15) is 4.79 Å². The summed E-state index contributed by atoms with van der Waals surface area (Å²) in [5.41, 5.74) is 5.08. The van der Waals surface area contributed by atoms with Gasteiger partial charge in [-0.25, -0.2) is 4.98 Å². The highest BCUT2D eigenvalue weighted by atomic mass is 16.5. The van der Waals surface area contributed by atoms with Crippen molar-refractivity contribution in [1.82, 2.24) is 20.3 Å². The van der Waals surface area contributed by atoms with Gasteiger partial charge in [0.15, 0.2) is 0 Å². The maximum Gasteiger partial charge on any atom is 0.251 e. The zero-order chi connectivity index (χ0) is 20.8. The number of hydrogen-bond acceptors (Lipinski definition) is 4. The van der Waals surface area contributed by atoms with Crippen LogP contribution in [0.3, 0.4) is 0 Å². The Morgan fingerprint density at radius 2 is 1.73 bits per heavy atom. The Balaban J connectivity index is 1.75. The summed E-state index contributed by atoms with van der Waals surface area (Å²) in [5, 5.41) is 2.86. The monoisotopic (exact) mass is 398 g/mol. The highest BCUT2D eigenvalue weighted by molar-refractivity contribution is 5.96. The number of nitrogens with one attached hydrogen (secondary N) is 2. The minimum Gasteiger partial charge on any atom is -0.383 e. The fraction of sp³-hybridized carbons (Fsp3) is 0.125. The molecule has 1 amide bonds. The molecule has 2 aromatic carbocycles. The molecule has 4 rings (SSSR count). The normalized spacial score (nSPS) is 10.7. The number of hydrogen-bond donors (Lipinski definition) is 2. The predicted octanol–water partition coefficient (Wildman–Crippen LogP) is 4.18. The molecular formula is C24H22N4O2. The third-order valence-electron chi connectivity index (χ3n) is 4.71. The van der Waals surface area contributed by atoms with Crippen molar-refractivity contribution in [3.8, 4) is 33.9 Å². The van der Waals surface area contributed by atoms with E-state index in [1.54, 1.807) is 25.6 Å². The van der Waals surface area contributed by atoms with Crippen molar-refractivity contribution in [2.75, 3.05) is 20.3 Å². The zero-order valence-electron chi connectivity index (χ0n) is 16.6.